The number of aryl methyl sites for hydroxylation is 1. The van der Waals surface area contributed by atoms with Gasteiger partial charge in [0.2, 0.25) is 11.8 Å². The van der Waals surface area contributed by atoms with Crippen LogP contribution in [0, 0.1) is 5.92 Å². The van der Waals surface area contributed by atoms with Gasteiger partial charge in [-0.3, -0.25) is 9.59 Å². The highest BCUT2D eigenvalue weighted by Crippen LogP contribution is 2.31. The van der Waals surface area contributed by atoms with Crippen molar-refractivity contribution in [1.29, 1.82) is 0 Å². The van der Waals surface area contributed by atoms with Gasteiger partial charge in [0.25, 0.3) is 0 Å². The highest BCUT2D eigenvalue weighted by atomic mass is 32.1. The molecule has 1 unspecified atom stereocenters. The first-order chi connectivity index (χ1) is 13.8. The Bertz CT molecular complexity index is 925. The van der Waals surface area contributed by atoms with Crippen LogP contribution in [0.4, 0.5) is 5.13 Å². The summed E-state index contributed by atoms with van der Waals surface area (Å²) in [6.07, 6.45) is 1.37. The van der Waals surface area contributed by atoms with E-state index >= 15 is 0 Å². The molecule has 0 spiro atoms. The van der Waals surface area contributed by atoms with Crippen LogP contribution in [0.15, 0.2) is 18.2 Å². The highest BCUT2D eigenvalue weighted by molar-refractivity contribution is 7.22. The zero-order valence-electron chi connectivity index (χ0n) is 17.8. The number of fused-ring (bicyclic) bond motifs is 1. The number of piperazine rings is 1. The van der Waals surface area contributed by atoms with Crippen LogP contribution in [0.5, 0.6) is 0 Å². The first-order valence-corrected chi connectivity index (χ1v) is 11.3. The average Bonchev–Trinajstić information content (AvgIpc) is 3.30. The van der Waals surface area contributed by atoms with Gasteiger partial charge in [-0.05, 0) is 44.9 Å². The van der Waals surface area contributed by atoms with Crippen LogP contribution in [0.1, 0.15) is 39.7 Å². The maximum absolute atomic E-state index is 13.0. The second kappa shape index (κ2) is 7.59. The predicted octanol–water partition coefficient (Wildman–Crippen LogP) is 3.15. The third-order valence-corrected chi connectivity index (χ3v) is 7.07. The second-order valence-corrected chi connectivity index (χ2v) is 10.0. The van der Waals surface area contributed by atoms with E-state index in [1.165, 1.54) is 10.3 Å². The van der Waals surface area contributed by atoms with E-state index in [0.717, 1.165) is 30.2 Å². The van der Waals surface area contributed by atoms with Crippen molar-refractivity contribution in [1.82, 2.24) is 14.8 Å². The lowest BCUT2D eigenvalue weighted by Crippen LogP contribution is -2.51. The Kier molecular flexibility index (Phi) is 5.27. The molecule has 2 aliphatic heterocycles. The van der Waals surface area contributed by atoms with Gasteiger partial charge in [0.15, 0.2) is 5.13 Å². The number of hydrogen-bond donors (Lipinski definition) is 0. The lowest BCUT2D eigenvalue weighted by molar-refractivity contribution is -0.136. The van der Waals surface area contributed by atoms with Crippen molar-refractivity contribution in [2.24, 2.45) is 5.92 Å². The van der Waals surface area contributed by atoms with E-state index in [1.807, 2.05) is 30.6 Å². The quantitative estimate of drug-likeness (QED) is 0.774. The molecule has 7 heteroatoms. The lowest BCUT2D eigenvalue weighted by atomic mass is 10.1. The second-order valence-electron chi connectivity index (χ2n) is 9.04. The maximum Gasteiger partial charge on any atom is 0.228 e. The number of rotatable bonds is 3. The van der Waals surface area contributed by atoms with E-state index < -0.39 is 0 Å². The number of hydrogen-bond acceptors (Lipinski definition) is 5. The van der Waals surface area contributed by atoms with Gasteiger partial charge in [0.1, 0.15) is 0 Å². The Hall–Kier alpha value is -2.15. The van der Waals surface area contributed by atoms with E-state index in [0.29, 0.717) is 26.1 Å². The molecule has 1 aromatic carbocycles. The van der Waals surface area contributed by atoms with E-state index in [1.54, 1.807) is 11.3 Å². The number of amides is 2. The normalized spacial score (nSPS) is 20.8. The van der Waals surface area contributed by atoms with Crippen molar-refractivity contribution in [2.75, 3.05) is 37.6 Å². The number of anilines is 1. The summed E-state index contributed by atoms with van der Waals surface area (Å²) in [6.45, 7) is 11.7. The predicted molar refractivity (Wildman–Crippen MR) is 117 cm³/mol. The molecule has 1 atom stereocenters. The summed E-state index contributed by atoms with van der Waals surface area (Å²) in [5, 5.41) is 1.04. The minimum absolute atomic E-state index is 0.0930. The largest absolute Gasteiger partial charge is 0.345 e. The topological polar surface area (TPSA) is 56.8 Å². The van der Waals surface area contributed by atoms with Crippen LogP contribution in [-0.2, 0) is 16.0 Å². The van der Waals surface area contributed by atoms with Crippen molar-refractivity contribution >= 4 is 38.5 Å². The zero-order valence-corrected chi connectivity index (χ0v) is 18.6. The van der Waals surface area contributed by atoms with Gasteiger partial charge in [0, 0.05) is 44.7 Å². The van der Waals surface area contributed by atoms with Crippen LogP contribution in [0.25, 0.3) is 10.2 Å². The number of thiazole rings is 1. The van der Waals surface area contributed by atoms with E-state index in [9.17, 15) is 9.59 Å². The van der Waals surface area contributed by atoms with Gasteiger partial charge in [-0.2, -0.15) is 0 Å². The first-order valence-electron chi connectivity index (χ1n) is 10.5. The molecular formula is C22H30N4O2S. The van der Waals surface area contributed by atoms with Crippen LogP contribution in [0.3, 0.4) is 0 Å². The van der Waals surface area contributed by atoms with Crippen molar-refractivity contribution in [3.8, 4) is 0 Å². The summed E-state index contributed by atoms with van der Waals surface area (Å²) in [5.41, 5.74) is 2.15. The minimum Gasteiger partial charge on any atom is -0.345 e. The Balaban J connectivity index is 1.38. The fourth-order valence-electron chi connectivity index (χ4n) is 4.21. The fraction of sp³-hybridized carbons (Fsp3) is 0.591. The van der Waals surface area contributed by atoms with Crippen LogP contribution >= 0.6 is 11.3 Å². The van der Waals surface area contributed by atoms with Gasteiger partial charge in [-0.1, -0.05) is 24.3 Å². The summed E-state index contributed by atoms with van der Waals surface area (Å²) in [5.74, 6) is 0.0141. The van der Waals surface area contributed by atoms with Gasteiger partial charge >= 0.3 is 0 Å². The third kappa shape index (κ3) is 3.97. The van der Waals surface area contributed by atoms with E-state index in [4.69, 9.17) is 4.98 Å². The molecule has 3 heterocycles. The molecule has 1 aromatic heterocycles. The lowest BCUT2D eigenvalue weighted by Gasteiger charge is -2.36. The molecule has 0 aliphatic carbocycles. The molecule has 2 aromatic rings. The van der Waals surface area contributed by atoms with Crippen molar-refractivity contribution < 1.29 is 9.59 Å². The molecule has 0 bridgehead atoms. The molecule has 2 saturated heterocycles. The van der Waals surface area contributed by atoms with E-state index in [2.05, 4.69) is 30.0 Å². The molecular weight excluding hydrogens is 384 g/mol. The average molecular weight is 415 g/mol. The fourth-order valence-corrected chi connectivity index (χ4v) is 5.29. The molecule has 29 heavy (non-hydrogen) atoms. The zero-order chi connectivity index (χ0) is 20.8. The number of carbonyl (C=O) groups is 2. The Morgan fingerprint density at radius 3 is 2.55 bits per heavy atom. The molecule has 2 amide bonds. The summed E-state index contributed by atoms with van der Waals surface area (Å²) < 4.78 is 1.23. The molecule has 156 valence electrons. The summed E-state index contributed by atoms with van der Waals surface area (Å²) in [6, 6.07) is 6.48. The van der Waals surface area contributed by atoms with Crippen LogP contribution in [0.2, 0.25) is 0 Å². The summed E-state index contributed by atoms with van der Waals surface area (Å²) in [7, 11) is 0. The van der Waals surface area contributed by atoms with Crippen LogP contribution in [-0.4, -0.2) is 64.9 Å². The molecule has 2 aliphatic rings. The van der Waals surface area contributed by atoms with Gasteiger partial charge in [-0.15, -0.1) is 0 Å². The Morgan fingerprint density at radius 1 is 1.21 bits per heavy atom. The first kappa shape index (κ1) is 20.1. The molecule has 0 saturated carbocycles. The number of carbonyl (C=O) groups excluding carboxylic acids is 2. The molecule has 6 nitrogen and oxygen atoms in total. The monoisotopic (exact) mass is 414 g/mol. The molecule has 4 rings (SSSR count). The Labute approximate surface area is 176 Å². The van der Waals surface area contributed by atoms with Crippen molar-refractivity contribution in [3.63, 3.8) is 0 Å². The van der Waals surface area contributed by atoms with Gasteiger partial charge in [-0.25, -0.2) is 4.98 Å². The maximum atomic E-state index is 13.0. The summed E-state index contributed by atoms with van der Waals surface area (Å²) in [4.78, 5) is 36.2. The van der Waals surface area contributed by atoms with Gasteiger partial charge < -0.3 is 14.7 Å². The Morgan fingerprint density at radius 2 is 1.93 bits per heavy atom. The number of nitrogens with zero attached hydrogens (tertiary/aromatic N) is 4. The molecule has 2 fully saturated rings. The third-order valence-electron chi connectivity index (χ3n) is 6.00. The van der Waals surface area contributed by atoms with Gasteiger partial charge in [0.05, 0.1) is 16.1 Å². The van der Waals surface area contributed by atoms with Crippen molar-refractivity contribution in [2.45, 2.75) is 46.1 Å². The number of likely N-dealkylation sites (tertiary alicyclic amines) is 1. The van der Waals surface area contributed by atoms with E-state index in [-0.39, 0.29) is 23.3 Å². The standard InChI is InChI=1S/C22H30N4O2S/c1-5-15-6-7-17-18(12-15)29-21(23-17)25-10-8-24(9-11-25)20(28)16-13-19(27)26(14-16)22(2,3)4/h6-7,12,16H,5,8-11,13-14H2,1-4H3. The number of aromatic nitrogens is 1. The summed E-state index contributed by atoms with van der Waals surface area (Å²) >= 11 is 1.73. The SMILES string of the molecule is CCc1ccc2nc(N3CCN(C(=O)C4CC(=O)N(C(C)(C)C)C4)CC3)sc2c1. The molecule has 0 N–H and O–H groups in total. The smallest absolute Gasteiger partial charge is 0.228 e. The van der Waals surface area contributed by atoms with Crippen LogP contribution < -0.4 is 4.90 Å². The number of benzene rings is 1. The van der Waals surface area contributed by atoms with Crippen molar-refractivity contribution in [3.05, 3.63) is 23.8 Å². The molecule has 0 radical (unpaired) electrons. The highest BCUT2D eigenvalue weighted by Gasteiger charge is 2.41. The minimum atomic E-state index is -0.227.